The lowest BCUT2D eigenvalue weighted by Crippen LogP contribution is -2.34. The van der Waals surface area contributed by atoms with Crippen molar-refractivity contribution in [2.45, 2.75) is 52.4 Å². The van der Waals surface area contributed by atoms with Crippen LogP contribution in [0.4, 0.5) is 13.2 Å². The van der Waals surface area contributed by atoms with E-state index < -0.39 is 12.7 Å². The number of halogens is 3. The smallest absolute Gasteiger partial charge is 0.293 e. The van der Waals surface area contributed by atoms with Gasteiger partial charge in [0.15, 0.2) is 0 Å². The van der Waals surface area contributed by atoms with Crippen LogP contribution in [0.25, 0.3) is 0 Å². The highest BCUT2D eigenvalue weighted by atomic mass is 19.4. The first kappa shape index (κ1) is 16.7. The Morgan fingerprint density at radius 1 is 1.33 bits per heavy atom. The van der Waals surface area contributed by atoms with E-state index in [0.29, 0.717) is 17.7 Å². The predicted octanol–water partition coefficient (Wildman–Crippen LogP) is 2.57. The van der Waals surface area contributed by atoms with E-state index in [2.05, 4.69) is 23.9 Å². The maximum absolute atomic E-state index is 12.7. The minimum absolute atomic E-state index is 0.0234. The van der Waals surface area contributed by atoms with Gasteiger partial charge in [0.25, 0.3) is 5.56 Å². The molecule has 0 bridgehead atoms. The number of aryl methyl sites for hydroxylation is 1. The predicted molar refractivity (Wildman–Crippen MR) is 81.7 cm³/mol. The van der Waals surface area contributed by atoms with E-state index in [1.54, 1.807) is 0 Å². The monoisotopic (exact) mass is 340 g/mol. The highest BCUT2D eigenvalue weighted by Crippen LogP contribution is 2.32. The van der Waals surface area contributed by atoms with E-state index in [-0.39, 0.29) is 17.5 Å². The molecule has 5 nitrogen and oxygen atoms in total. The van der Waals surface area contributed by atoms with Crippen molar-refractivity contribution in [3.63, 3.8) is 0 Å². The van der Waals surface area contributed by atoms with Crippen LogP contribution in [-0.4, -0.2) is 25.5 Å². The summed E-state index contributed by atoms with van der Waals surface area (Å²) in [4.78, 5) is 17.0. The molecule has 2 aromatic rings. The normalized spacial score (nSPS) is 16.9. The van der Waals surface area contributed by atoms with Gasteiger partial charge in [0.2, 0.25) is 0 Å². The maximum Gasteiger partial charge on any atom is 0.408 e. The average molecular weight is 340 g/mol. The second kappa shape index (κ2) is 5.75. The molecule has 0 atom stereocenters. The van der Waals surface area contributed by atoms with Crippen LogP contribution in [0, 0.1) is 5.41 Å². The van der Waals surface area contributed by atoms with Crippen molar-refractivity contribution in [1.29, 1.82) is 0 Å². The fourth-order valence-electron chi connectivity index (χ4n) is 3.08. The van der Waals surface area contributed by atoms with E-state index in [9.17, 15) is 18.0 Å². The zero-order valence-electron chi connectivity index (χ0n) is 13.6. The molecule has 0 aliphatic heterocycles. The summed E-state index contributed by atoms with van der Waals surface area (Å²) in [6.45, 7) is 3.06. The average Bonchev–Trinajstić information content (AvgIpc) is 2.87. The molecule has 0 aromatic carbocycles. The van der Waals surface area contributed by atoms with Crippen molar-refractivity contribution < 1.29 is 13.2 Å². The van der Waals surface area contributed by atoms with Gasteiger partial charge in [0.05, 0.1) is 24.3 Å². The van der Waals surface area contributed by atoms with E-state index in [4.69, 9.17) is 0 Å². The lowest BCUT2D eigenvalue weighted by molar-refractivity contribution is -0.143. The van der Waals surface area contributed by atoms with Gasteiger partial charge in [-0.15, -0.1) is 0 Å². The second-order valence-electron chi connectivity index (χ2n) is 7.04. The summed E-state index contributed by atoms with van der Waals surface area (Å²) in [6, 6.07) is 1.49. The Labute approximate surface area is 137 Å². The zero-order chi connectivity index (χ0) is 17.5. The molecular formula is C16H19F3N4O. The molecule has 0 fully saturated rings. The van der Waals surface area contributed by atoms with Crippen molar-refractivity contribution in [3.05, 3.63) is 45.9 Å². The lowest BCUT2D eigenvalue weighted by Gasteiger charge is -2.30. The number of alkyl halides is 3. The van der Waals surface area contributed by atoms with Crippen molar-refractivity contribution in [2.75, 3.05) is 0 Å². The van der Waals surface area contributed by atoms with Crippen molar-refractivity contribution >= 4 is 0 Å². The van der Waals surface area contributed by atoms with Crippen LogP contribution in [0.2, 0.25) is 0 Å². The molecular weight excluding hydrogens is 321 g/mol. The zero-order valence-corrected chi connectivity index (χ0v) is 13.6. The van der Waals surface area contributed by atoms with Crippen LogP contribution in [0.5, 0.6) is 0 Å². The summed E-state index contributed by atoms with van der Waals surface area (Å²) in [5, 5.41) is 3.70. The van der Waals surface area contributed by atoms with Gasteiger partial charge in [-0.25, -0.2) is 4.98 Å². The third-order valence-electron chi connectivity index (χ3n) is 4.38. The number of rotatable bonds is 3. The topological polar surface area (TPSA) is 52.7 Å². The van der Waals surface area contributed by atoms with Crippen LogP contribution >= 0.6 is 0 Å². The van der Waals surface area contributed by atoms with Crippen molar-refractivity contribution in [3.8, 4) is 0 Å². The molecule has 0 unspecified atom stereocenters. The van der Waals surface area contributed by atoms with Gasteiger partial charge in [-0.3, -0.25) is 14.0 Å². The SMILES string of the molecule is CC1(C)CCc2ncn(Cc3ccnn3CC(F)(F)F)c(=O)c2C1. The fraction of sp³-hybridized carbons (Fsp3) is 0.562. The Balaban J connectivity index is 1.90. The Bertz CT molecular complexity index is 804. The number of nitrogens with zero attached hydrogens (tertiary/aromatic N) is 4. The number of hydrogen-bond acceptors (Lipinski definition) is 3. The summed E-state index contributed by atoms with van der Waals surface area (Å²) in [7, 11) is 0. The van der Waals surface area contributed by atoms with Crippen molar-refractivity contribution in [2.24, 2.45) is 5.41 Å². The molecule has 0 saturated heterocycles. The molecule has 0 saturated carbocycles. The summed E-state index contributed by atoms with van der Waals surface area (Å²) < 4.78 is 40.0. The second-order valence-corrected chi connectivity index (χ2v) is 7.04. The Kier molecular flexibility index (Phi) is 4.01. The van der Waals surface area contributed by atoms with Crippen LogP contribution < -0.4 is 5.56 Å². The van der Waals surface area contributed by atoms with Crippen LogP contribution in [0.3, 0.4) is 0 Å². The minimum atomic E-state index is -4.36. The van der Waals surface area contributed by atoms with Crippen LogP contribution in [0.15, 0.2) is 23.4 Å². The molecule has 2 aromatic heterocycles. The summed E-state index contributed by atoms with van der Waals surface area (Å²) in [5.74, 6) is 0. The molecule has 0 spiro atoms. The minimum Gasteiger partial charge on any atom is -0.293 e. The molecule has 1 aliphatic carbocycles. The summed E-state index contributed by atoms with van der Waals surface area (Å²) in [5.41, 5.74) is 1.67. The Morgan fingerprint density at radius 2 is 2.08 bits per heavy atom. The molecule has 8 heteroatoms. The fourth-order valence-corrected chi connectivity index (χ4v) is 3.08. The van der Waals surface area contributed by atoms with Crippen molar-refractivity contribution in [1.82, 2.24) is 19.3 Å². The number of hydrogen-bond donors (Lipinski definition) is 0. The Morgan fingerprint density at radius 3 is 2.79 bits per heavy atom. The quantitative estimate of drug-likeness (QED) is 0.863. The van der Waals surface area contributed by atoms with Gasteiger partial charge in [-0.2, -0.15) is 18.3 Å². The highest BCUT2D eigenvalue weighted by molar-refractivity contribution is 5.22. The number of aromatic nitrogens is 4. The van der Waals surface area contributed by atoms with Gasteiger partial charge in [0.1, 0.15) is 6.54 Å². The van der Waals surface area contributed by atoms with Gasteiger partial charge in [0, 0.05) is 11.8 Å². The van der Waals surface area contributed by atoms with Crippen LogP contribution in [0.1, 0.15) is 37.2 Å². The third kappa shape index (κ3) is 3.52. The first-order valence-corrected chi connectivity index (χ1v) is 7.79. The molecule has 130 valence electrons. The summed E-state index contributed by atoms with van der Waals surface area (Å²) >= 11 is 0. The largest absolute Gasteiger partial charge is 0.408 e. The lowest BCUT2D eigenvalue weighted by atomic mass is 9.76. The standard InChI is InChI=1S/C16H19F3N4O/c1-15(2)5-3-13-12(7-15)14(24)22(10-20-13)8-11-4-6-21-23(11)9-16(17,18)19/h4,6,10H,3,5,7-9H2,1-2H3. The van der Waals surface area contributed by atoms with Gasteiger partial charge < -0.3 is 0 Å². The molecule has 2 heterocycles. The van der Waals surface area contributed by atoms with Gasteiger partial charge in [-0.1, -0.05) is 13.8 Å². The van der Waals surface area contributed by atoms with Crippen LogP contribution in [-0.2, 0) is 25.9 Å². The molecule has 3 rings (SSSR count). The first-order valence-electron chi connectivity index (χ1n) is 7.79. The van der Waals surface area contributed by atoms with E-state index in [1.165, 1.54) is 23.2 Å². The summed E-state index contributed by atoms with van der Waals surface area (Å²) in [6.07, 6.45) is 0.728. The third-order valence-corrected chi connectivity index (χ3v) is 4.38. The maximum atomic E-state index is 12.7. The number of fused-ring (bicyclic) bond motifs is 1. The molecule has 0 radical (unpaired) electrons. The highest BCUT2D eigenvalue weighted by Gasteiger charge is 2.30. The van der Waals surface area contributed by atoms with Gasteiger partial charge in [-0.05, 0) is 30.7 Å². The Hall–Kier alpha value is -2.12. The molecule has 24 heavy (non-hydrogen) atoms. The van der Waals surface area contributed by atoms with E-state index in [1.807, 2.05) is 0 Å². The molecule has 0 N–H and O–H groups in total. The van der Waals surface area contributed by atoms with E-state index in [0.717, 1.165) is 23.2 Å². The molecule has 0 amide bonds. The van der Waals surface area contributed by atoms with Gasteiger partial charge >= 0.3 is 6.18 Å². The first-order chi connectivity index (χ1) is 11.1. The molecule has 1 aliphatic rings. The van der Waals surface area contributed by atoms with E-state index >= 15 is 0 Å².